The average molecular weight is 536 g/mol. The van der Waals surface area contributed by atoms with E-state index in [4.69, 9.17) is 4.74 Å². The van der Waals surface area contributed by atoms with E-state index < -0.39 is 35.9 Å². The van der Waals surface area contributed by atoms with Gasteiger partial charge in [-0.2, -0.15) is 0 Å². The highest BCUT2D eigenvalue weighted by molar-refractivity contribution is 5.71. The summed E-state index contributed by atoms with van der Waals surface area (Å²) in [7, 11) is 0. The molecule has 1 saturated heterocycles. The van der Waals surface area contributed by atoms with Crippen LogP contribution in [0.25, 0.3) is 0 Å². The van der Waals surface area contributed by atoms with Gasteiger partial charge in [0.25, 0.3) is 0 Å². The van der Waals surface area contributed by atoms with Crippen LogP contribution >= 0.6 is 0 Å². The Hall–Kier alpha value is -2.81. The molecular weight excluding hydrogens is 502 g/mol. The summed E-state index contributed by atoms with van der Waals surface area (Å²) in [6.45, 7) is 4.79. The van der Waals surface area contributed by atoms with E-state index in [1.165, 1.54) is 0 Å². The number of fused-ring (bicyclic) bond motifs is 1. The number of hydrogen-bond donors (Lipinski definition) is 1. The normalized spacial score (nSPS) is 21.7. The van der Waals surface area contributed by atoms with Crippen molar-refractivity contribution in [2.24, 2.45) is 11.8 Å². The van der Waals surface area contributed by atoms with Crippen LogP contribution in [0, 0.1) is 17.7 Å². The fourth-order valence-electron chi connectivity index (χ4n) is 6.21. The number of ether oxygens (including phenoxy) is 2. The van der Waals surface area contributed by atoms with Gasteiger partial charge < -0.3 is 14.6 Å². The Labute approximate surface area is 219 Å². The van der Waals surface area contributed by atoms with E-state index >= 15 is 0 Å². The number of nitrogens with zero attached hydrogens (tertiary/aromatic N) is 1. The summed E-state index contributed by atoms with van der Waals surface area (Å²) in [6.07, 6.45) is 0.377. The number of benzene rings is 2. The summed E-state index contributed by atoms with van der Waals surface area (Å²) in [5, 5.41) is 9.65. The lowest BCUT2D eigenvalue weighted by molar-refractivity contribution is -0.274. The van der Waals surface area contributed by atoms with Crippen molar-refractivity contribution in [1.29, 1.82) is 0 Å². The maximum absolute atomic E-state index is 14.6. The Morgan fingerprint density at radius 2 is 1.82 bits per heavy atom. The quantitative estimate of drug-likeness (QED) is 0.393. The molecule has 9 heteroatoms. The van der Waals surface area contributed by atoms with Gasteiger partial charge in [-0.05, 0) is 92.7 Å². The van der Waals surface area contributed by atoms with Gasteiger partial charge in [-0.25, -0.2) is 4.39 Å². The summed E-state index contributed by atoms with van der Waals surface area (Å²) in [5.41, 5.74) is 1.94. The first-order valence-electron chi connectivity index (χ1n) is 13.3. The van der Waals surface area contributed by atoms with E-state index in [0.717, 1.165) is 60.8 Å². The van der Waals surface area contributed by atoms with Gasteiger partial charge in [0, 0.05) is 24.7 Å². The van der Waals surface area contributed by atoms with E-state index in [0.29, 0.717) is 31.8 Å². The number of halogens is 4. The van der Waals surface area contributed by atoms with Crippen LogP contribution in [0.15, 0.2) is 36.4 Å². The van der Waals surface area contributed by atoms with E-state index in [1.54, 1.807) is 13.8 Å². The van der Waals surface area contributed by atoms with Crippen molar-refractivity contribution in [2.45, 2.75) is 76.3 Å². The number of aliphatic carboxylic acids is 1. The number of hydrogen-bond acceptors (Lipinski definition) is 4. The number of carboxylic acid groups (broad SMARTS) is 1. The number of carbonyl (C=O) groups is 1. The van der Waals surface area contributed by atoms with Gasteiger partial charge in [-0.15, -0.1) is 13.2 Å². The van der Waals surface area contributed by atoms with Crippen molar-refractivity contribution in [3.05, 3.63) is 58.9 Å². The topological polar surface area (TPSA) is 59.0 Å². The van der Waals surface area contributed by atoms with Crippen LogP contribution < -0.4 is 9.47 Å². The van der Waals surface area contributed by atoms with E-state index in [2.05, 4.69) is 21.8 Å². The molecule has 2 fully saturated rings. The fourth-order valence-corrected chi connectivity index (χ4v) is 6.21. The first kappa shape index (κ1) is 26.8. The Kier molecular flexibility index (Phi) is 7.09. The second-order valence-corrected chi connectivity index (χ2v) is 11.1. The molecule has 3 atom stereocenters. The van der Waals surface area contributed by atoms with Crippen molar-refractivity contribution in [3.8, 4) is 11.5 Å². The van der Waals surface area contributed by atoms with Crippen molar-refractivity contribution >= 4 is 5.97 Å². The van der Waals surface area contributed by atoms with Gasteiger partial charge in [0.05, 0.1) is 5.92 Å². The molecule has 1 N–H and O–H groups in total. The minimum absolute atomic E-state index is 0.0334. The molecule has 2 heterocycles. The third kappa shape index (κ3) is 5.63. The lowest BCUT2D eigenvalue weighted by atomic mass is 9.80. The smallest absolute Gasteiger partial charge is 0.487 e. The Morgan fingerprint density at radius 3 is 2.45 bits per heavy atom. The van der Waals surface area contributed by atoms with Crippen LogP contribution in [0.2, 0.25) is 0 Å². The molecule has 1 saturated carbocycles. The molecule has 2 aromatic carbocycles. The molecule has 2 aromatic rings. The fraction of sp³-hybridized carbons (Fsp3) is 0.552. The molecule has 1 aliphatic carbocycles. The predicted molar refractivity (Wildman–Crippen MR) is 133 cm³/mol. The number of likely N-dealkylation sites (tertiary alicyclic amines) is 1. The van der Waals surface area contributed by atoms with Crippen molar-refractivity contribution in [1.82, 2.24) is 4.90 Å². The van der Waals surface area contributed by atoms with Crippen LogP contribution in [0.1, 0.15) is 74.6 Å². The summed E-state index contributed by atoms with van der Waals surface area (Å²) < 4.78 is 63.2. The molecule has 0 radical (unpaired) electrons. The first-order chi connectivity index (χ1) is 17.9. The number of alkyl halides is 3. The second kappa shape index (κ2) is 10.1. The Morgan fingerprint density at radius 1 is 1.11 bits per heavy atom. The predicted octanol–water partition coefficient (Wildman–Crippen LogP) is 6.86. The summed E-state index contributed by atoms with van der Waals surface area (Å²) in [5.74, 6) is -1.08. The average Bonchev–Trinajstić information content (AvgIpc) is 3.69. The highest BCUT2D eigenvalue weighted by atomic mass is 19.4. The zero-order valence-electron chi connectivity index (χ0n) is 21.6. The zero-order chi connectivity index (χ0) is 27.2. The summed E-state index contributed by atoms with van der Waals surface area (Å²) in [6, 6.07) is 8.85. The lowest BCUT2D eigenvalue weighted by Crippen LogP contribution is -2.50. The van der Waals surface area contributed by atoms with Gasteiger partial charge >= 0.3 is 12.3 Å². The third-order valence-corrected chi connectivity index (χ3v) is 8.62. The SMILES string of the molecule is CC(c1cc(OC(F)(F)F)ccc1F)N1CCC2(CCc3ccc([C@H](C4CC4)[C@H](C)C(=O)O)cc3O2)CC1. The molecule has 2 aliphatic heterocycles. The number of aryl methyl sites for hydroxylation is 1. The minimum atomic E-state index is -4.84. The van der Waals surface area contributed by atoms with E-state index in [1.807, 2.05) is 6.07 Å². The maximum Gasteiger partial charge on any atom is 0.573 e. The van der Waals surface area contributed by atoms with E-state index in [9.17, 15) is 27.5 Å². The van der Waals surface area contributed by atoms with Crippen LogP contribution in [0.4, 0.5) is 17.6 Å². The second-order valence-electron chi connectivity index (χ2n) is 11.1. The largest absolute Gasteiger partial charge is 0.573 e. The Bertz CT molecular complexity index is 1190. The Balaban J connectivity index is 1.28. The highest BCUT2D eigenvalue weighted by Crippen LogP contribution is 2.49. The number of carboxylic acids is 1. The van der Waals surface area contributed by atoms with Crippen LogP contribution in [0.3, 0.4) is 0 Å². The molecular formula is C29H33F4NO4. The summed E-state index contributed by atoms with van der Waals surface area (Å²) in [4.78, 5) is 13.8. The highest BCUT2D eigenvalue weighted by Gasteiger charge is 2.42. The number of piperidine rings is 1. The standard InChI is InChI=1S/C29H33F4NO4/c1-17(27(35)36)26(20-4-5-20)21-6-3-19-9-10-28(38-25(19)15-21)11-13-34(14-12-28)18(2)23-16-22(7-8-24(23)30)37-29(31,32)33/h3,6-8,15-18,20,26H,4-5,9-14H2,1-2H3,(H,35,36)/t17-,18?,26-/m0/s1. The van der Waals surface area contributed by atoms with Crippen LogP contribution in [-0.4, -0.2) is 41.0 Å². The molecule has 206 valence electrons. The molecule has 3 aliphatic rings. The van der Waals surface area contributed by atoms with Gasteiger partial charge in [-0.3, -0.25) is 9.69 Å². The molecule has 0 bridgehead atoms. The van der Waals surface area contributed by atoms with Crippen molar-refractivity contribution in [3.63, 3.8) is 0 Å². The molecule has 1 unspecified atom stereocenters. The summed E-state index contributed by atoms with van der Waals surface area (Å²) >= 11 is 0. The molecule has 38 heavy (non-hydrogen) atoms. The van der Waals surface area contributed by atoms with Gasteiger partial charge in [-0.1, -0.05) is 19.1 Å². The van der Waals surface area contributed by atoms with Crippen LogP contribution in [0.5, 0.6) is 11.5 Å². The van der Waals surface area contributed by atoms with Gasteiger partial charge in [0.1, 0.15) is 22.9 Å². The maximum atomic E-state index is 14.6. The number of rotatable bonds is 7. The van der Waals surface area contributed by atoms with Crippen molar-refractivity contribution in [2.75, 3.05) is 13.1 Å². The minimum Gasteiger partial charge on any atom is -0.487 e. The molecule has 5 rings (SSSR count). The van der Waals surface area contributed by atoms with Crippen LogP contribution in [-0.2, 0) is 11.2 Å². The monoisotopic (exact) mass is 535 g/mol. The van der Waals surface area contributed by atoms with E-state index in [-0.39, 0.29) is 17.1 Å². The molecule has 0 amide bonds. The lowest BCUT2D eigenvalue weighted by Gasteiger charge is -2.46. The third-order valence-electron chi connectivity index (χ3n) is 8.62. The van der Waals surface area contributed by atoms with Gasteiger partial charge in [0.2, 0.25) is 0 Å². The van der Waals surface area contributed by atoms with Gasteiger partial charge in [0.15, 0.2) is 0 Å². The molecule has 5 nitrogen and oxygen atoms in total. The molecule has 0 aromatic heterocycles. The zero-order valence-corrected chi connectivity index (χ0v) is 21.6. The van der Waals surface area contributed by atoms with Crippen molar-refractivity contribution < 1.29 is 36.9 Å². The molecule has 1 spiro atoms. The first-order valence-corrected chi connectivity index (χ1v) is 13.3.